The van der Waals surface area contributed by atoms with Gasteiger partial charge in [-0.2, -0.15) is 0 Å². The highest BCUT2D eigenvalue weighted by Crippen LogP contribution is 2.26. The van der Waals surface area contributed by atoms with E-state index in [9.17, 15) is 0 Å². The monoisotopic (exact) mass is 156 g/mol. The Bertz CT molecular complexity index is 109. The number of rotatable bonds is 3. The fourth-order valence-corrected chi connectivity index (χ4v) is 1.90. The van der Waals surface area contributed by atoms with Crippen LogP contribution in [0.4, 0.5) is 0 Å². The highest BCUT2D eigenvalue weighted by atomic mass is 16.5. The van der Waals surface area contributed by atoms with E-state index in [-0.39, 0.29) is 0 Å². The Morgan fingerprint density at radius 1 is 1.45 bits per heavy atom. The van der Waals surface area contributed by atoms with Crippen LogP contribution in [0.2, 0.25) is 0 Å². The van der Waals surface area contributed by atoms with Gasteiger partial charge >= 0.3 is 0 Å². The van der Waals surface area contributed by atoms with Crippen molar-refractivity contribution in [2.45, 2.75) is 46.1 Å². The maximum absolute atomic E-state index is 5.62. The van der Waals surface area contributed by atoms with Crippen molar-refractivity contribution in [3.63, 3.8) is 0 Å². The first-order chi connectivity index (χ1) is 5.22. The summed E-state index contributed by atoms with van der Waals surface area (Å²) in [6.45, 7) is 7.80. The van der Waals surface area contributed by atoms with Crippen LogP contribution in [-0.2, 0) is 4.74 Å². The number of hydrogen-bond acceptors (Lipinski definition) is 1. The van der Waals surface area contributed by atoms with Crippen LogP contribution in [0.25, 0.3) is 0 Å². The molecule has 1 rings (SSSR count). The van der Waals surface area contributed by atoms with Gasteiger partial charge in [0.15, 0.2) is 0 Å². The summed E-state index contributed by atoms with van der Waals surface area (Å²) < 4.78 is 5.62. The molecule has 1 saturated heterocycles. The summed E-state index contributed by atoms with van der Waals surface area (Å²) in [5.74, 6) is 1.68. The molecule has 2 unspecified atom stereocenters. The van der Waals surface area contributed by atoms with Gasteiger partial charge in [0.2, 0.25) is 0 Å². The molecule has 1 aliphatic heterocycles. The van der Waals surface area contributed by atoms with Crippen molar-refractivity contribution in [2.75, 3.05) is 6.61 Å². The highest BCUT2D eigenvalue weighted by molar-refractivity contribution is 4.73. The van der Waals surface area contributed by atoms with Gasteiger partial charge in [-0.05, 0) is 31.1 Å². The predicted octanol–water partition coefficient (Wildman–Crippen LogP) is 2.85. The van der Waals surface area contributed by atoms with E-state index in [1.54, 1.807) is 0 Å². The number of hydrogen-bond donors (Lipinski definition) is 0. The summed E-state index contributed by atoms with van der Waals surface area (Å²) in [6, 6.07) is 0. The van der Waals surface area contributed by atoms with Crippen LogP contribution in [0.5, 0.6) is 0 Å². The molecule has 0 saturated carbocycles. The Morgan fingerprint density at radius 2 is 2.18 bits per heavy atom. The molecule has 0 bridgehead atoms. The normalized spacial score (nSPS) is 31.6. The molecule has 0 aromatic heterocycles. The topological polar surface area (TPSA) is 9.23 Å². The smallest absolute Gasteiger partial charge is 0.0576 e. The second kappa shape index (κ2) is 4.10. The standard InChI is InChI=1S/C10H20O/c1-4-10-6-9(7-11-10)5-8(2)3/h8-10H,4-7H2,1-3H3. The second-order valence-electron chi connectivity index (χ2n) is 4.09. The zero-order chi connectivity index (χ0) is 8.27. The highest BCUT2D eigenvalue weighted by Gasteiger charge is 2.24. The van der Waals surface area contributed by atoms with Crippen LogP contribution in [0.15, 0.2) is 0 Å². The minimum Gasteiger partial charge on any atom is -0.378 e. The maximum Gasteiger partial charge on any atom is 0.0576 e. The Labute approximate surface area is 70.1 Å². The zero-order valence-electron chi connectivity index (χ0n) is 7.97. The molecule has 1 nitrogen and oxygen atoms in total. The number of ether oxygens (including phenoxy) is 1. The van der Waals surface area contributed by atoms with E-state index in [0.29, 0.717) is 6.10 Å². The molecule has 0 aromatic carbocycles. The second-order valence-corrected chi connectivity index (χ2v) is 4.09. The molecule has 0 N–H and O–H groups in total. The van der Waals surface area contributed by atoms with E-state index >= 15 is 0 Å². The lowest BCUT2D eigenvalue weighted by Crippen LogP contribution is -2.04. The molecule has 1 heteroatoms. The Morgan fingerprint density at radius 3 is 2.64 bits per heavy atom. The Hall–Kier alpha value is -0.0400. The largest absolute Gasteiger partial charge is 0.378 e. The van der Waals surface area contributed by atoms with Crippen LogP contribution in [0.1, 0.15) is 40.0 Å². The molecule has 0 spiro atoms. The van der Waals surface area contributed by atoms with Gasteiger partial charge in [0, 0.05) is 6.61 Å². The van der Waals surface area contributed by atoms with Crippen molar-refractivity contribution >= 4 is 0 Å². The lowest BCUT2D eigenvalue weighted by atomic mass is 9.94. The third-order valence-corrected chi connectivity index (χ3v) is 2.42. The molecule has 1 aliphatic rings. The lowest BCUT2D eigenvalue weighted by molar-refractivity contribution is 0.103. The predicted molar refractivity (Wildman–Crippen MR) is 47.6 cm³/mol. The summed E-state index contributed by atoms with van der Waals surface area (Å²) in [5.41, 5.74) is 0. The van der Waals surface area contributed by atoms with Crippen LogP contribution < -0.4 is 0 Å². The third-order valence-electron chi connectivity index (χ3n) is 2.42. The van der Waals surface area contributed by atoms with E-state index in [4.69, 9.17) is 4.74 Å². The van der Waals surface area contributed by atoms with E-state index in [1.165, 1.54) is 19.3 Å². The molecular weight excluding hydrogens is 136 g/mol. The van der Waals surface area contributed by atoms with E-state index in [2.05, 4.69) is 20.8 Å². The summed E-state index contributed by atoms with van der Waals surface area (Å²) in [5, 5.41) is 0. The quantitative estimate of drug-likeness (QED) is 0.610. The van der Waals surface area contributed by atoms with Gasteiger partial charge in [0.1, 0.15) is 0 Å². The minimum atomic E-state index is 0.568. The van der Waals surface area contributed by atoms with Crippen molar-refractivity contribution in [3.8, 4) is 0 Å². The average molecular weight is 156 g/mol. The summed E-state index contributed by atoms with van der Waals surface area (Å²) in [7, 11) is 0. The van der Waals surface area contributed by atoms with Crippen molar-refractivity contribution in [1.82, 2.24) is 0 Å². The van der Waals surface area contributed by atoms with Gasteiger partial charge in [-0.3, -0.25) is 0 Å². The van der Waals surface area contributed by atoms with Crippen molar-refractivity contribution in [2.24, 2.45) is 11.8 Å². The van der Waals surface area contributed by atoms with Crippen LogP contribution in [-0.4, -0.2) is 12.7 Å². The summed E-state index contributed by atoms with van der Waals surface area (Å²) in [4.78, 5) is 0. The molecule has 0 radical (unpaired) electrons. The molecule has 0 amide bonds. The molecule has 0 aliphatic carbocycles. The Balaban J connectivity index is 2.19. The summed E-state index contributed by atoms with van der Waals surface area (Å²) in [6.07, 6.45) is 4.40. The zero-order valence-corrected chi connectivity index (χ0v) is 7.97. The van der Waals surface area contributed by atoms with Crippen molar-refractivity contribution in [3.05, 3.63) is 0 Å². The van der Waals surface area contributed by atoms with Gasteiger partial charge in [0.25, 0.3) is 0 Å². The van der Waals surface area contributed by atoms with E-state index in [0.717, 1.165) is 18.4 Å². The van der Waals surface area contributed by atoms with E-state index in [1.807, 2.05) is 0 Å². The maximum atomic E-state index is 5.62. The lowest BCUT2D eigenvalue weighted by Gasteiger charge is -2.09. The minimum absolute atomic E-state index is 0.568. The van der Waals surface area contributed by atoms with Gasteiger partial charge in [0.05, 0.1) is 6.10 Å². The Kier molecular flexibility index (Phi) is 3.38. The van der Waals surface area contributed by atoms with Gasteiger partial charge in [-0.1, -0.05) is 20.8 Å². The molecule has 11 heavy (non-hydrogen) atoms. The fraction of sp³-hybridized carbons (Fsp3) is 1.00. The van der Waals surface area contributed by atoms with Gasteiger partial charge in [-0.15, -0.1) is 0 Å². The first-order valence-electron chi connectivity index (χ1n) is 4.84. The molecule has 2 atom stereocenters. The molecule has 0 aromatic rings. The SMILES string of the molecule is CCC1CC(CC(C)C)CO1. The van der Waals surface area contributed by atoms with Crippen LogP contribution in [0, 0.1) is 11.8 Å². The van der Waals surface area contributed by atoms with Crippen LogP contribution in [0.3, 0.4) is 0 Å². The molecule has 66 valence electrons. The average Bonchev–Trinajstić information content (AvgIpc) is 2.34. The fourth-order valence-electron chi connectivity index (χ4n) is 1.90. The van der Waals surface area contributed by atoms with Gasteiger partial charge < -0.3 is 4.74 Å². The molecule has 1 fully saturated rings. The molecule has 1 heterocycles. The van der Waals surface area contributed by atoms with Crippen molar-refractivity contribution in [1.29, 1.82) is 0 Å². The summed E-state index contributed by atoms with van der Waals surface area (Å²) >= 11 is 0. The molecular formula is C10H20O. The first-order valence-corrected chi connectivity index (χ1v) is 4.84. The first kappa shape index (κ1) is 9.05. The van der Waals surface area contributed by atoms with E-state index < -0.39 is 0 Å². The van der Waals surface area contributed by atoms with Crippen LogP contribution >= 0.6 is 0 Å². The third kappa shape index (κ3) is 2.82. The van der Waals surface area contributed by atoms with Gasteiger partial charge in [-0.25, -0.2) is 0 Å². The van der Waals surface area contributed by atoms with Crippen molar-refractivity contribution < 1.29 is 4.74 Å².